The first-order chi connectivity index (χ1) is 5.95. The van der Waals surface area contributed by atoms with Gasteiger partial charge in [0.25, 0.3) is 0 Å². The Hall–Kier alpha value is -0.570. The molecule has 0 heterocycles. The normalized spacial score (nSPS) is 11.4. The lowest BCUT2D eigenvalue weighted by Crippen LogP contribution is -2.35. The quantitative estimate of drug-likeness (QED) is 0.632. The maximum absolute atomic E-state index is 10.8. The van der Waals surface area contributed by atoms with Gasteiger partial charge in [0.15, 0.2) is 0 Å². The number of hydrogen-bond acceptors (Lipinski definition) is 2. The van der Waals surface area contributed by atoms with E-state index in [2.05, 4.69) is 31.4 Å². The fourth-order valence-corrected chi connectivity index (χ4v) is 0.879. The zero-order valence-corrected chi connectivity index (χ0v) is 9.24. The average molecular weight is 186 g/mol. The minimum absolute atomic E-state index is 0.123. The van der Waals surface area contributed by atoms with Crippen molar-refractivity contribution in [3.63, 3.8) is 0 Å². The lowest BCUT2D eigenvalue weighted by atomic mass is 9.97. The van der Waals surface area contributed by atoms with E-state index in [1.807, 2.05) is 6.92 Å². The van der Waals surface area contributed by atoms with E-state index in [1.54, 1.807) is 0 Å². The number of amides is 1. The standard InChI is InChI=1S/C10H22N2O/c1-5-9(13)12-7-6-11-8-10(2,3)4/h11H,5-8H2,1-4H3,(H,12,13). The van der Waals surface area contributed by atoms with Crippen molar-refractivity contribution in [1.29, 1.82) is 0 Å². The maximum atomic E-state index is 10.8. The predicted octanol–water partition coefficient (Wildman–Crippen LogP) is 1.15. The Bertz CT molecular complexity index is 149. The Morgan fingerprint density at radius 1 is 1.23 bits per heavy atom. The minimum Gasteiger partial charge on any atom is -0.355 e. The molecule has 2 N–H and O–H groups in total. The van der Waals surface area contributed by atoms with Crippen molar-refractivity contribution in [3.05, 3.63) is 0 Å². The second-order valence-electron chi connectivity index (χ2n) is 4.44. The van der Waals surface area contributed by atoms with Gasteiger partial charge >= 0.3 is 0 Å². The minimum atomic E-state index is 0.123. The summed E-state index contributed by atoms with van der Waals surface area (Å²) in [6.45, 7) is 11.0. The Labute approximate surface area is 81.3 Å². The first-order valence-electron chi connectivity index (χ1n) is 4.93. The molecule has 3 heteroatoms. The topological polar surface area (TPSA) is 41.1 Å². The summed E-state index contributed by atoms with van der Waals surface area (Å²) in [6.07, 6.45) is 0.569. The molecule has 0 aliphatic heterocycles. The summed E-state index contributed by atoms with van der Waals surface area (Å²) >= 11 is 0. The van der Waals surface area contributed by atoms with Gasteiger partial charge in [-0.2, -0.15) is 0 Å². The van der Waals surface area contributed by atoms with E-state index in [9.17, 15) is 4.79 Å². The van der Waals surface area contributed by atoms with E-state index in [4.69, 9.17) is 0 Å². The van der Waals surface area contributed by atoms with Crippen molar-refractivity contribution >= 4 is 5.91 Å². The summed E-state index contributed by atoms with van der Waals surface area (Å²) in [5, 5.41) is 6.11. The van der Waals surface area contributed by atoms with Crippen LogP contribution in [-0.4, -0.2) is 25.5 Å². The van der Waals surface area contributed by atoms with E-state index in [1.165, 1.54) is 0 Å². The molecule has 0 spiro atoms. The van der Waals surface area contributed by atoms with Gasteiger partial charge in [-0.25, -0.2) is 0 Å². The van der Waals surface area contributed by atoms with Gasteiger partial charge in [-0.15, -0.1) is 0 Å². The largest absolute Gasteiger partial charge is 0.355 e. The summed E-state index contributed by atoms with van der Waals surface area (Å²) in [5.74, 6) is 0.123. The molecule has 78 valence electrons. The molecule has 0 aliphatic rings. The number of rotatable bonds is 5. The number of hydrogen-bond donors (Lipinski definition) is 2. The Morgan fingerprint density at radius 2 is 1.85 bits per heavy atom. The Morgan fingerprint density at radius 3 is 2.31 bits per heavy atom. The molecular weight excluding hydrogens is 164 g/mol. The van der Waals surface area contributed by atoms with Crippen LogP contribution < -0.4 is 10.6 Å². The zero-order valence-electron chi connectivity index (χ0n) is 9.24. The van der Waals surface area contributed by atoms with Crippen molar-refractivity contribution < 1.29 is 4.79 Å². The van der Waals surface area contributed by atoms with E-state index < -0.39 is 0 Å². The molecule has 0 bridgehead atoms. The van der Waals surface area contributed by atoms with Crippen LogP contribution in [0, 0.1) is 5.41 Å². The van der Waals surface area contributed by atoms with Gasteiger partial charge in [0, 0.05) is 26.1 Å². The van der Waals surface area contributed by atoms with Crippen LogP contribution in [0.15, 0.2) is 0 Å². The highest BCUT2D eigenvalue weighted by Crippen LogP contribution is 2.09. The second kappa shape index (κ2) is 5.97. The summed E-state index contributed by atoms with van der Waals surface area (Å²) < 4.78 is 0. The lowest BCUT2D eigenvalue weighted by Gasteiger charge is -2.18. The first kappa shape index (κ1) is 12.4. The van der Waals surface area contributed by atoms with Gasteiger partial charge in [0.1, 0.15) is 0 Å². The molecular formula is C10H22N2O. The fraction of sp³-hybridized carbons (Fsp3) is 0.900. The van der Waals surface area contributed by atoms with Gasteiger partial charge in [-0.1, -0.05) is 27.7 Å². The summed E-state index contributed by atoms with van der Waals surface area (Å²) in [5.41, 5.74) is 0.314. The van der Waals surface area contributed by atoms with Crippen molar-refractivity contribution in [2.45, 2.75) is 34.1 Å². The maximum Gasteiger partial charge on any atom is 0.219 e. The van der Waals surface area contributed by atoms with Crippen molar-refractivity contribution in [2.75, 3.05) is 19.6 Å². The van der Waals surface area contributed by atoms with Crippen LogP contribution in [0.4, 0.5) is 0 Å². The SMILES string of the molecule is CCC(=O)NCCNCC(C)(C)C. The number of carbonyl (C=O) groups is 1. The van der Waals surface area contributed by atoms with Crippen LogP contribution in [0.5, 0.6) is 0 Å². The summed E-state index contributed by atoms with van der Waals surface area (Å²) in [6, 6.07) is 0. The van der Waals surface area contributed by atoms with Gasteiger partial charge in [-0.05, 0) is 5.41 Å². The van der Waals surface area contributed by atoms with Gasteiger partial charge < -0.3 is 10.6 Å². The van der Waals surface area contributed by atoms with Crippen LogP contribution in [-0.2, 0) is 4.79 Å². The molecule has 1 amide bonds. The van der Waals surface area contributed by atoms with E-state index in [0.717, 1.165) is 19.6 Å². The average Bonchev–Trinajstić information content (AvgIpc) is 2.01. The molecule has 0 unspecified atom stereocenters. The molecule has 0 aromatic heterocycles. The molecule has 0 aromatic carbocycles. The Kier molecular flexibility index (Phi) is 5.71. The molecule has 13 heavy (non-hydrogen) atoms. The van der Waals surface area contributed by atoms with Gasteiger partial charge in [0.2, 0.25) is 5.91 Å². The second-order valence-corrected chi connectivity index (χ2v) is 4.44. The highest BCUT2D eigenvalue weighted by molar-refractivity contribution is 5.75. The van der Waals surface area contributed by atoms with Crippen LogP contribution in [0.25, 0.3) is 0 Å². The van der Waals surface area contributed by atoms with Crippen LogP contribution in [0.2, 0.25) is 0 Å². The molecule has 0 aliphatic carbocycles. The van der Waals surface area contributed by atoms with Crippen LogP contribution >= 0.6 is 0 Å². The van der Waals surface area contributed by atoms with Gasteiger partial charge in [-0.3, -0.25) is 4.79 Å². The van der Waals surface area contributed by atoms with Crippen LogP contribution in [0.1, 0.15) is 34.1 Å². The van der Waals surface area contributed by atoms with Crippen molar-refractivity contribution in [2.24, 2.45) is 5.41 Å². The molecule has 0 saturated carbocycles. The highest BCUT2D eigenvalue weighted by atomic mass is 16.1. The molecule has 3 nitrogen and oxygen atoms in total. The molecule has 0 radical (unpaired) electrons. The third kappa shape index (κ3) is 9.34. The molecule has 0 saturated heterocycles. The number of nitrogens with one attached hydrogen (secondary N) is 2. The monoisotopic (exact) mass is 186 g/mol. The molecule has 0 atom stereocenters. The number of carbonyl (C=O) groups excluding carboxylic acids is 1. The molecule has 0 fully saturated rings. The molecule has 0 rings (SSSR count). The van der Waals surface area contributed by atoms with Crippen molar-refractivity contribution in [1.82, 2.24) is 10.6 Å². The van der Waals surface area contributed by atoms with E-state index in [-0.39, 0.29) is 5.91 Å². The fourth-order valence-electron chi connectivity index (χ4n) is 0.879. The lowest BCUT2D eigenvalue weighted by molar-refractivity contribution is -0.120. The highest BCUT2D eigenvalue weighted by Gasteiger charge is 2.08. The Balaban J connectivity index is 3.22. The summed E-state index contributed by atoms with van der Waals surface area (Å²) in [4.78, 5) is 10.8. The van der Waals surface area contributed by atoms with Gasteiger partial charge in [0.05, 0.1) is 0 Å². The molecule has 0 aromatic rings. The predicted molar refractivity (Wildman–Crippen MR) is 55.6 cm³/mol. The summed E-state index contributed by atoms with van der Waals surface area (Å²) in [7, 11) is 0. The third-order valence-electron chi connectivity index (χ3n) is 1.60. The smallest absolute Gasteiger partial charge is 0.219 e. The first-order valence-corrected chi connectivity index (χ1v) is 4.93. The zero-order chi connectivity index (χ0) is 10.3. The van der Waals surface area contributed by atoms with E-state index in [0.29, 0.717) is 11.8 Å². The van der Waals surface area contributed by atoms with E-state index >= 15 is 0 Å². The van der Waals surface area contributed by atoms with Crippen molar-refractivity contribution in [3.8, 4) is 0 Å². The van der Waals surface area contributed by atoms with Crippen LogP contribution in [0.3, 0.4) is 0 Å². The third-order valence-corrected chi connectivity index (χ3v) is 1.60.